The van der Waals surface area contributed by atoms with Gasteiger partial charge in [0, 0.05) is 5.25 Å². The van der Waals surface area contributed by atoms with E-state index in [2.05, 4.69) is 31.7 Å². The third kappa shape index (κ3) is 2.44. The topological polar surface area (TPSA) is 0 Å². The molecule has 0 radical (unpaired) electrons. The molecule has 0 aromatic carbocycles. The summed E-state index contributed by atoms with van der Waals surface area (Å²) in [6.07, 6.45) is 8.31. The minimum absolute atomic E-state index is 0.617. The third-order valence-corrected chi connectivity index (χ3v) is 2.30. The third-order valence-electron chi connectivity index (χ3n) is 1.83. The Morgan fingerprint density at radius 3 is 3.00 bits per heavy atom. The molecule has 0 spiro atoms. The Bertz CT molecular complexity index is 107. The van der Waals surface area contributed by atoms with E-state index < -0.39 is 0 Å². The number of thiol groups is 1. The summed E-state index contributed by atoms with van der Waals surface area (Å²) in [5.41, 5.74) is 0. The Morgan fingerprint density at radius 1 is 1.44 bits per heavy atom. The van der Waals surface area contributed by atoms with Crippen LogP contribution in [0.1, 0.15) is 26.2 Å². The molecule has 1 rings (SSSR count). The number of rotatable bonds is 0. The quantitative estimate of drug-likeness (QED) is 0.390. The van der Waals surface area contributed by atoms with Gasteiger partial charge in [0.05, 0.1) is 0 Å². The van der Waals surface area contributed by atoms with E-state index in [9.17, 15) is 0 Å². The van der Waals surface area contributed by atoms with Crippen molar-refractivity contribution in [1.82, 2.24) is 0 Å². The molecule has 2 atom stereocenters. The van der Waals surface area contributed by atoms with Crippen LogP contribution in [0, 0.1) is 5.92 Å². The maximum atomic E-state index is 4.42. The maximum Gasteiger partial charge on any atom is 0.00515 e. The van der Waals surface area contributed by atoms with Crippen molar-refractivity contribution in [2.45, 2.75) is 31.4 Å². The summed E-state index contributed by atoms with van der Waals surface area (Å²) in [7, 11) is 0. The SMILES string of the molecule is CC1C=CCC(S)CC1. The summed E-state index contributed by atoms with van der Waals surface area (Å²) in [6, 6.07) is 0. The summed E-state index contributed by atoms with van der Waals surface area (Å²) in [6.45, 7) is 2.27. The molecule has 0 aromatic heterocycles. The van der Waals surface area contributed by atoms with E-state index in [1.165, 1.54) is 12.8 Å². The minimum atomic E-state index is 0.617. The van der Waals surface area contributed by atoms with Gasteiger partial charge < -0.3 is 0 Å². The molecule has 1 aliphatic rings. The van der Waals surface area contributed by atoms with Gasteiger partial charge in [-0.1, -0.05) is 19.1 Å². The highest BCUT2D eigenvalue weighted by Crippen LogP contribution is 2.19. The van der Waals surface area contributed by atoms with Gasteiger partial charge in [0.1, 0.15) is 0 Å². The van der Waals surface area contributed by atoms with Crippen LogP contribution in [0.25, 0.3) is 0 Å². The first-order chi connectivity index (χ1) is 4.29. The summed E-state index contributed by atoms with van der Waals surface area (Å²) < 4.78 is 0. The van der Waals surface area contributed by atoms with Crippen LogP contribution in [-0.4, -0.2) is 5.25 Å². The zero-order valence-corrected chi connectivity index (χ0v) is 6.77. The molecule has 1 heteroatoms. The molecule has 0 fully saturated rings. The zero-order chi connectivity index (χ0) is 6.69. The van der Waals surface area contributed by atoms with Gasteiger partial charge in [0.2, 0.25) is 0 Å². The van der Waals surface area contributed by atoms with Gasteiger partial charge in [-0.25, -0.2) is 0 Å². The lowest BCUT2D eigenvalue weighted by molar-refractivity contribution is 0.613. The molecule has 9 heavy (non-hydrogen) atoms. The fourth-order valence-corrected chi connectivity index (χ4v) is 1.41. The molecule has 0 saturated heterocycles. The molecule has 0 amide bonds. The van der Waals surface area contributed by atoms with Gasteiger partial charge in [-0.3, -0.25) is 0 Å². The van der Waals surface area contributed by atoms with Crippen LogP contribution in [0.3, 0.4) is 0 Å². The summed E-state index contributed by atoms with van der Waals surface area (Å²) in [5.74, 6) is 0.780. The molecule has 0 N–H and O–H groups in total. The number of hydrogen-bond donors (Lipinski definition) is 1. The van der Waals surface area contributed by atoms with Crippen molar-refractivity contribution in [3.63, 3.8) is 0 Å². The summed E-state index contributed by atoms with van der Waals surface area (Å²) in [5, 5.41) is 0.617. The Labute approximate surface area is 62.8 Å². The molecule has 0 nitrogen and oxygen atoms in total. The van der Waals surface area contributed by atoms with Crippen LogP contribution >= 0.6 is 12.6 Å². The monoisotopic (exact) mass is 142 g/mol. The van der Waals surface area contributed by atoms with Crippen LogP contribution in [0.2, 0.25) is 0 Å². The van der Waals surface area contributed by atoms with Crippen molar-refractivity contribution in [3.8, 4) is 0 Å². The molecule has 0 saturated carbocycles. The predicted molar refractivity (Wildman–Crippen MR) is 44.9 cm³/mol. The van der Waals surface area contributed by atoms with Gasteiger partial charge in [-0.15, -0.1) is 0 Å². The van der Waals surface area contributed by atoms with Crippen LogP contribution in [0.5, 0.6) is 0 Å². The van der Waals surface area contributed by atoms with Crippen molar-refractivity contribution in [1.29, 1.82) is 0 Å². The van der Waals surface area contributed by atoms with Gasteiger partial charge >= 0.3 is 0 Å². The van der Waals surface area contributed by atoms with Gasteiger partial charge in [-0.2, -0.15) is 12.6 Å². The van der Waals surface area contributed by atoms with Gasteiger partial charge in [0.25, 0.3) is 0 Å². The van der Waals surface area contributed by atoms with Gasteiger partial charge in [-0.05, 0) is 25.2 Å². The Kier molecular flexibility index (Phi) is 2.65. The van der Waals surface area contributed by atoms with Crippen molar-refractivity contribution in [3.05, 3.63) is 12.2 Å². The predicted octanol–water partition coefficient (Wildman–Crippen LogP) is 2.66. The first-order valence-electron chi connectivity index (χ1n) is 3.64. The Morgan fingerprint density at radius 2 is 2.22 bits per heavy atom. The molecule has 2 unspecified atom stereocenters. The highest BCUT2D eigenvalue weighted by atomic mass is 32.1. The molecule has 0 aliphatic heterocycles. The molecular formula is C8H14S. The van der Waals surface area contributed by atoms with Crippen molar-refractivity contribution in [2.75, 3.05) is 0 Å². The summed E-state index contributed by atoms with van der Waals surface area (Å²) in [4.78, 5) is 0. The molecule has 52 valence electrons. The molecule has 0 heterocycles. The average molecular weight is 142 g/mol. The highest BCUT2D eigenvalue weighted by molar-refractivity contribution is 7.80. The van der Waals surface area contributed by atoms with Crippen LogP contribution in [0.15, 0.2) is 12.2 Å². The van der Waals surface area contributed by atoms with E-state index >= 15 is 0 Å². The van der Waals surface area contributed by atoms with Crippen molar-refractivity contribution in [2.24, 2.45) is 5.92 Å². The lowest BCUT2D eigenvalue weighted by Crippen LogP contribution is -1.95. The van der Waals surface area contributed by atoms with E-state index in [1.807, 2.05) is 0 Å². The Balaban J connectivity index is 2.39. The molecule has 0 aromatic rings. The zero-order valence-electron chi connectivity index (χ0n) is 5.88. The fraction of sp³-hybridized carbons (Fsp3) is 0.750. The number of allylic oxidation sites excluding steroid dienone is 2. The lowest BCUT2D eigenvalue weighted by Gasteiger charge is -2.04. The minimum Gasteiger partial charge on any atom is -0.176 e. The number of hydrogen-bond acceptors (Lipinski definition) is 1. The summed E-state index contributed by atoms with van der Waals surface area (Å²) >= 11 is 4.42. The van der Waals surface area contributed by atoms with E-state index in [0.29, 0.717) is 5.25 Å². The maximum absolute atomic E-state index is 4.42. The largest absolute Gasteiger partial charge is 0.176 e. The van der Waals surface area contributed by atoms with Crippen molar-refractivity contribution >= 4 is 12.6 Å². The van der Waals surface area contributed by atoms with E-state index in [1.54, 1.807) is 0 Å². The smallest absolute Gasteiger partial charge is 0.00515 e. The molecule has 0 bridgehead atoms. The standard InChI is InChI=1S/C8H14S/c1-7-3-2-4-8(9)6-5-7/h2-3,7-9H,4-6H2,1H3. The van der Waals surface area contributed by atoms with E-state index in [-0.39, 0.29) is 0 Å². The lowest BCUT2D eigenvalue weighted by atomic mass is 10.1. The second-order valence-electron chi connectivity index (χ2n) is 2.87. The molecular weight excluding hydrogens is 128 g/mol. The van der Waals surface area contributed by atoms with E-state index in [0.717, 1.165) is 12.3 Å². The Hall–Kier alpha value is 0.0900. The van der Waals surface area contributed by atoms with Gasteiger partial charge in [0.15, 0.2) is 0 Å². The first-order valence-corrected chi connectivity index (χ1v) is 4.15. The first kappa shape index (κ1) is 7.20. The van der Waals surface area contributed by atoms with E-state index in [4.69, 9.17) is 0 Å². The second-order valence-corrected chi connectivity index (χ2v) is 3.60. The van der Waals surface area contributed by atoms with Crippen LogP contribution in [0.4, 0.5) is 0 Å². The average Bonchev–Trinajstić information content (AvgIpc) is 1.97. The normalized spacial score (nSPS) is 36.2. The fourth-order valence-electron chi connectivity index (χ4n) is 1.14. The molecule has 1 aliphatic carbocycles. The second kappa shape index (κ2) is 3.31. The highest BCUT2D eigenvalue weighted by Gasteiger charge is 2.07. The van der Waals surface area contributed by atoms with Crippen LogP contribution in [-0.2, 0) is 0 Å². The van der Waals surface area contributed by atoms with Crippen LogP contribution < -0.4 is 0 Å². The van der Waals surface area contributed by atoms with Crippen molar-refractivity contribution < 1.29 is 0 Å².